The van der Waals surface area contributed by atoms with Crippen molar-refractivity contribution in [2.45, 2.75) is 6.92 Å². The van der Waals surface area contributed by atoms with Crippen molar-refractivity contribution < 1.29 is 9.53 Å². The van der Waals surface area contributed by atoms with Crippen molar-refractivity contribution in [2.24, 2.45) is 5.10 Å². The number of nitrogens with one attached hydrogen (secondary N) is 1. The molecule has 0 radical (unpaired) electrons. The third-order valence-corrected chi connectivity index (χ3v) is 3.83. The summed E-state index contributed by atoms with van der Waals surface area (Å²) in [6.07, 6.45) is 3.03. The number of amides is 1. The summed E-state index contributed by atoms with van der Waals surface area (Å²) in [6.45, 7) is 1.86. The Morgan fingerprint density at radius 1 is 1.36 bits per heavy atom. The van der Waals surface area contributed by atoms with E-state index in [1.807, 2.05) is 19.1 Å². The van der Waals surface area contributed by atoms with Gasteiger partial charge in [-0.2, -0.15) is 5.10 Å². The van der Waals surface area contributed by atoms with Crippen LogP contribution >= 0.6 is 31.9 Å². The predicted octanol–water partition coefficient (Wildman–Crippen LogP) is 3.69. The summed E-state index contributed by atoms with van der Waals surface area (Å²) in [6, 6.07) is 7.18. The van der Waals surface area contributed by atoms with Crippen LogP contribution in [0.4, 0.5) is 0 Å². The van der Waals surface area contributed by atoms with Crippen LogP contribution < -0.4 is 10.2 Å². The molecule has 0 aliphatic heterocycles. The van der Waals surface area contributed by atoms with Crippen molar-refractivity contribution in [1.29, 1.82) is 0 Å². The average Bonchev–Trinajstić information content (AvgIpc) is 2.47. The van der Waals surface area contributed by atoms with Crippen LogP contribution in [0.15, 0.2) is 44.5 Å². The fraction of sp³-hybridized carbons (Fsp3) is 0.133. The minimum atomic E-state index is -0.322. The molecule has 2 aromatic rings. The molecule has 0 saturated carbocycles. The highest BCUT2D eigenvalue weighted by atomic mass is 79.9. The second-order valence-corrected chi connectivity index (χ2v) is 6.17. The largest absolute Gasteiger partial charge is 0.495 e. The first kappa shape index (κ1) is 16.6. The van der Waals surface area contributed by atoms with Crippen molar-refractivity contribution in [2.75, 3.05) is 7.11 Å². The molecule has 1 aromatic carbocycles. The Hall–Kier alpha value is -1.73. The van der Waals surface area contributed by atoms with Crippen molar-refractivity contribution in [3.8, 4) is 5.75 Å². The lowest BCUT2D eigenvalue weighted by Crippen LogP contribution is -2.17. The number of ether oxygens (including phenoxy) is 1. The van der Waals surface area contributed by atoms with Crippen LogP contribution in [0.3, 0.4) is 0 Å². The fourth-order valence-electron chi connectivity index (χ4n) is 1.72. The Balaban J connectivity index is 2.12. The van der Waals surface area contributed by atoms with Crippen LogP contribution in [0.5, 0.6) is 5.75 Å². The van der Waals surface area contributed by atoms with E-state index in [2.05, 4.69) is 47.4 Å². The number of hydrogen-bond acceptors (Lipinski definition) is 4. The van der Waals surface area contributed by atoms with Crippen LogP contribution in [0.25, 0.3) is 0 Å². The van der Waals surface area contributed by atoms with E-state index in [0.717, 1.165) is 20.2 Å². The highest BCUT2D eigenvalue weighted by molar-refractivity contribution is 9.11. The number of aryl methyl sites for hydroxylation is 1. The summed E-state index contributed by atoms with van der Waals surface area (Å²) < 4.78 is 6.97. The van der Waals surface area contributed by atoms with Gasteiger partial charge in [0.2, 0.25) is 0 Å². The first-order chi connectivity index (χ1) is 10.5. The predicted molar refractivity (Wildman–Crippen MR) is 92.4 cm³/mol. The van der Waals surface area contributed by atoms with E-state index in [9.17, 15) is 4.79 Å². The van der Waals surface area contributed by atoms with Gasteiger partial charge < -0.3 is 4.74 Å². The van der Waals surface area contributed by atoms with Gasteiger partial charge in [-0.05, 0) is 47.1 Å². The lowest BCUT2D eigenvalue weighted by molar-refractivity contribution is 0.0955. The Bertz CT molecular complexity index is 715. The van der Waals surface area contributed by atoms with Crippen LogP contribution in [-0.4, -0.2) is 24.2 Å². The van der Waals surface area contributed by atoms with E-state index in [0.29, 0.717) is 11.3 Å². The maximum absolute atomic E-state index is 11.9. The maximum atomic E-state index is 11.9. The van der Waals surface area contributed by atoms with Crippen molar-refractivity contribution in [3.63, 3.8) is 0 Å². The smallest absolute Gasteiger partial charge is 0.272 e. The number of hydrazone groups is 1. The van der Waals surface area contributed by atoms with Crippen LogP contribution in [0.1, 0.15) is 21.6 Å². The minimum Gasteiger partial charge on any atom is -0.495 e. The molecular weight excluding hydrogens is 414 g/mol. The third kappa shape index (κ3) is 4.14. The van der Waals surface area contributed by atoms with Gasteiger partial charge in [-0.1, -0.05) is 15.9 Å². The van der Waals surface area contributed by atoms with Gasteiger partial charge in [0, 0.05) is 21.9 Å². The second-order valence-electron chi connectivity index (χ2n) is 4.40. The van der Waals surface area contributed by atoms with Crippen LogP contribution in [0, 0.1) is 6.92 Å². The zero-order valence-corrected chi connectivity index (χ0v) is 15.1. The molecule has 7 heteroatoms. The van der Waals surface area contributed by atoms with Crippen molar-refractivity contribution >= 4 is 44.0 Å². The van der Waals surface area contributed by atoms with Gasteiger partial charge in [0.25, 0.3) is 5.91 Å². The number of methoxy groups -OCH3 is 1. The molecule has 22 heavy (non-hydrogen) atoms. The summed E-state index contributed by atoms with van der Waals surface area (Å²) in [5.41, 5.74) is 4.49. The lowest BCUT2D eigenvalue weighted by Gasteiger charge is -2.07. The molecule has 1 heterocycles. The van der Waals surface area contributed by atoms with E-state index >= 15 is 0 Å². The van der Waals surface area contributed by atoms with E-state index in [4.69, 9.17) is 4.74 Å². The van der Waals surface area contributed by atoms with Gasteiger partial charge >= 0.3 is 0 Å². The number of carbonyl (C=O) groups excluding carboxylic acids is 1. The minimum absolute atomic E-state index is 0.322. The summed E-state index contributed by atoms with van der Waals surface area (Å²) in [5.74, 6) is 0.315. The standard InChI is InChI=1S/C15H13Br2N3O2/c1-9-3-4-10(7-18-9)15(21)20-19-8-11-5-12(16)6-13(17)14(11)22-2/h3-8H,1-2H3,(H,20,21)/b19-8-. The van der Waals surface area contributed by atoms with Gasteiger partial charge in [0.15, 0.2) is 0 Å². The van der Waals surface area contributed by atoms with E-state index in [-0.39, 0.29) is 5.91 Å². The number of benzene rings is 1. The molecule has 5 nitrogen and oxygen atoms in total. The maximum Gasteiger partial charge on any atom is 0.272 e. The molecule has 0 saturated heterocycles. The molecule has 1 aromatic heterocycles. The van der Waals surface area contributed by atoms with E-state index in [1.54, 1.807) is 19.2 Å². The SMILES string of the molecule is COc1c(Br)cc(Br)cc1/C=N\NC(=O)c1ccc(C)nc1. The number of carbonyl (C=O) groups is 1. The first-order valence-corrected chi connectivity index (χ1v) is 7.89. The van der Waals surface area contributed by atoms with E-state index < -0.39 is 0 Å². The Morgan fingerprint density at radius 3 is 2.77 bits per heavy atom. The zero-order chi connectivity index (χ0) is 16.1. The first-order valence-electron chi connectivity index (χ1n) is 6.30. The van der Waals surface area contributed by atoms with Crippen LogP contribution in [-0.2, 0) is 0 Å². The molecular formula is C15H13Br2N3O2. The lowest BCUT2D eigenvalue weighted by atomic mass is 10.2. The van der Waals surface area contributed by atoms with Gasteiger partial charge in [0.05, 0.1) is 23.4 Å². The molecule has 114 valence electrons. The van der Waals surface area contributed by atoms with Crippen molar-refractivity contribution in [1.82, 2.24) is 10.4 Å². The summed E-state index contributed by atoms with van der Waals surface area (Å²) >= 11 is 6.81. The molecule has 0 unspecified atom stereocenters. The Labute approximate surface area is 145 Å². The van der Waals surface area contributed by atoms with Gasteiger partial charge in [-0.3, -0.25) is 9.78 Å². The monoisotopic (exact) mass is 425 g/mol. The molecule has 0 bridgehead atoms. The summed E-state index contributed by atoms with van der Waals surface area (Å²) in [7, 11) is 1.57. The molecule has 0 fully saturated rings. The van der Waals surface area contributed by atoms with Crippen molar-refractivity contribution in [3.05, 3.63) is 56.2 Å². The summed E-state index contributed by atoms with van der Waals surface area (Å²) in [4.78, 5) is 16.0. The number of halogens is 2. The molecule has 0 aliphatic carbocycles. The number of hydrogen-bond donors (Lipinski definition) is 1. The van der Waals surface area contributed by atoms with Gasteiger partial charge in [-0.25, -0.2) is 5.43 Å². The van der Waals surface area contributed by atoms with E-state index in [1.165, 1.54) is 12.4 Å². The Morgan fingerprint density at radius 2 is 2.14 bits per heavy atom. The zero-order valence-electron chi connectivity index (χ0n) is 11.9. The third-order valence-electron chi connectivity index (χ3n) is 2.78. The normalized spacial score (nSPS) is 10.7. The quantitative estimate of drug-likeness (QED) is 0.599. The Kier molecular flexibility index (Phi) is 5.68. The van der Waals surface area contributed by atoms with Crippen LogP contribution in [0.2, 0.25) is 0 Å². The number of aromatic nitrogens is 1. The molecule has 0 atom stereocenters. The molecule has 1 amide bonds. The number of pyridine rings is 1. The molecule has 2 rings (SSSR count). The molecule has 0 spiro atoms. The van der Waals surface area contributed by atoms with Gasteiger partial charge in [-0.15, -0.1) is 0 Å². The number of rotatable bonds is 4. The molecule has 1 N–H and O–H groups in total. The topological polar surface area (TPSA) is 63.6 Å². The highest BCUT2D eigenvalue weighted by Crippen LogP contribution is 2.31. The second kappa shape index (κ2) is 7.51. The molecule has 0 aliphatic rings. The summed E-state index contributed by atoms with van der Waals surface area (Å²) in [5, 5.41) is 3.96. The average molecular weight is 427 g/mol. The number of nitrogens with zero attached hydrogens (tertiary/aromatic N) is 2. The van der Waals surface area contributed by atoms with Gasteiger partial charge in [0.1, 0.15) is 5.75 Å². The highest BCUT2D eigenvalue weighted by Gasteiger charge is 2.08. The fourth-order valence-corrected chi connectivity index (χ4v) is 3.14.